The van der Waals surface area contributed by atoms with Crippen LogP contribution < -0.4 is 0 Å². The van der Waals surface area contributed by atoms with Crippen molar-refractivity contribution in [3.63, 3.8) is 0 Å². The fraction of sp³-hybridized carbons (Fsp3) is 0.600. The summed E-state index contributed by atoms with van der Waals surface area (Å²) in [6.45, 7) is 6.70. The Morgan fingerprint density at radius 1 is 1.35 bits per heavy atom. The largest absolute Gasteiger partial charge is 0.508 e. The molecule has 0 aromatic heterocycles. The molecule has 0 heterocycles. The fourth-order valence-electron chi connectivity index (χ4n) is 3.01. The summed E-state index contributed by atoms with van der Waals surface area (Å²) in [5, 5.41) is 9.94. The molecule has 2 nitrogen and oxygen atoms in total. The van der Waals surface area contributed by atoms with Crippen LogP contribution in [-0.2, 0) is 6.42 Å². The highest BCUT2D eigenvalue weighted by Crippen LogP contribution is 2.37. The SMILES string of the molecule is CCCN(CC)C1CCCc2c(O)cccc21. The lowest BCUT2D eigenvalue weighted by Crippen LogP contribution is -2.31. The van der Waals surface area contributed by atoms with Gasteiger partial charge in [0, 0.05) is 6.04 Å². The molecule has 0 fully saturated rings. The molecule has 17 heavy (non-hydrogen) atoms. The van der Waals surface area contributed by atoms with Crippen LogP contribution in [-0.4, -0.2) is 23.1 Å². The van der Waals surface area contributed by atoms with Crippen LogP contribution in [0.5, 0.6) is 5.75 Å². The molecule has 1 atom stereocenters. The van der Waals surface area contributed by atoms with Gasteiger partial charge in [0.25, 0.3) is 0 Å². The van der Waals surface area contributed by atoms with Crippen molar-refractivity contribution in [2.24, 2.45) is 0 Å². The van der Waals surface area contributed by atoms with Crippen LogP contribution in [0.4, 0.5) is 0 Å². The minimum absolute atomic E-state index is 0.486. The molecular weight excluding hydrogens is 210 g/mol. The average molecular weight is 233 g/mol. The van der Waals surface area contributed by atoms with E-state index in [4.69, 9.17) is 0 Å². The Balaban J connectivity index is 2.30. The van der Waals surface area contributed by atoms with E-state index in [1.807, 2.05) is 12.1 Å². The van der Waals surface area contributed by atoms with E-state index in [2.05, 4.69) is 24.8 Å². The number of hydrogen-bond donors (Lipinski definition) is 1. The molecule has 1 aromatic rings. The van der Waals surface area contributed by atoms with Gasteiger partial charge in [0.15, 0.2) is 0 Å². The molecular formula is C15H23NO. The molecule has 2 rings (SSSR count). The third-order valence-corrected chi connectivity index (χ3v) is 3.81. The van der Waals surface area contributed by atoms with Crippen LogP contribution >= 0.6 is 0 Å². The summed E-state index contributed by atoms with van der Waals surface area (Å²) in [5.41, 5.74) is 2.53. The van der Waals surface area contributed by atoms with Crippen molar-refractivity contribution in [2.45, 2.75) is 45.6 Å². The zero-order valence-electron chi connectivity index (χ0n) is 10.9. The zero-order valence-corrected chi connectivity index (χ0v) is 10.9. The second-order valence-corrected chi connectivity index (χ2v) is 4.88. The van der Waals surface area contributed by atoms with Gasteiger partial charge in [0.1, 0.15) is 5.75 Å². The van der Waals surface area contributed by atoms with Crippen molar-refractivity contribution in [3.8, 4) is 5.75 Å². The number of phenols is 1. The quantitative estimate of drug-likeness (QED) is 0.860. The fourth-order valence-corrected chi connectivity index (χ4v) is 3.01. The van der Waals surface area contributed by atoms with E-state index in [1.54, 1.807) is 0 Å². The molecule has 0 saturated carbocycles. The molecule has 0 saturated heterocycles. The molecule has 0 amide bonds. The van der Waals surface area contributed by atoms with Gasteiger partial charge in [-0.15, -0.1) is 0 Å². The topological polar surface area (TPSA) is 23.5 Å². The summed E-state index contributed by atoms with van der Waals surface area (Å²) in [7, 11) is 0. The predicted molar refractivity (Wildman–Crippen MR) is 71.3 cm³/mol. The van der Waals surface area contributed by atoms with Gasteiger partial charge in [0.2, 0.25) is 0 Å². The van der Waals surface area contributed by atoms with Crippen LogP contribution in [0.3, 0.4) is 0 Å². The first kappa shape index (κ1) is 12.4. The van der Waals surface area contributed by atoms with Crippen LogP contribution in [0.15, 0.2) is 18.2 Å². The Kier molecular flexibility index (Phi) is 4.06. The van der Waals surface area contributed by atoms with Gasteiger partial charge in [-0.1, -0.05) is 26.0 Å². The number of phenolic OH excluding ortho intramolecular Hbond substituents is 1. The second kappa shape index (κ2) is 5.54. The van der Waals surface area contributed by atoms with Crippen LogP contribution in [0.2, 0.25) is 0 Å². The summed E-state index contributed by atoms with van der Waals surface area (Å²) in [6.07, 6.45) is 4.64. The minimum atomic E-state index is 0.486. The molecule has 2 heteroatoms. The molecule has 0 bridgehead atoms. The van der Waals surface area contributed by atoms with Gasteiger partial charge in [-0.05, 0) is 56.0 Å². The maximum absolute atomic E-state index is 9.94. The number of benzene rings is 1. The molecule has 0 radical (unpaired) electrons. The highest BCUT2D eigenvalue weighted by atomic mass is 16.3. The van der Waals surface area contributed by atoms with Crippen molar-refractivity contribution in [1.82, 2.24) is 4.90 Å². The summed E-state index contributed by atoms with van der Waals surface area (Å²) < 4.78 is 0. The van der Waals surface area contributed by atoms with Gasteiger partial charge in [0.05, 0.1) is 0 Å². The van der Waals surface area contributed by atoms with Gasteiger partial charge in [-0.3, -0.25) is 4.90 Å². The van der Waals surface area contributed by atoms with Gasteiger partial charge < -0.3 is 5.11 Å². The monoisotopic (exact) mass is 233 g/mol. The van der Waals surface area contributed by atoms with Crippen molar-refractivity contribution >= 4 is 0 Å². The highest BCUT2D eigenvalue weighted by molar-refractivity contribution is 5.42. The normalized spacial score (nSPS) is 19.4. The minimum Gasteiger partial charge on any atom is -0.508 e. The number of rotatable bonds is 4. The highest BCUT2D eigenvalue weighted by Gasteiger charge is 2.25. The first-order valence-corrected chi connectivity index (χ1v) is 6.82. The number of hydrogen-bond acceptors (Lipinski definition) is 2. The first-order valence-electron chi connectivity index (χ1n) is 6.82. The molecule has 1 N–H and O–H groups in total. The van der Waals surface area contributed by atoms with E-state index in [9.17, 15) is 5.11 Å². The summed E-state index contributed by atoms with van der Waals surface area (Å²) in [5.74, 6) is 0.486. The summed E-state index contributed by atoms with van der Waals surface area (Å²) in [6, 6.07) is 6.50. The summed E-state index contributed by atoms with van der Waals surface area (Å²) in [4.78, 5) is 2.54. The number of nitrogens with zero attached hydrogens (tertiary/aromatic N) is 1. The molecule has 1 aliphatic carbocycles. The average Bonchev–Trinajstić information content (AvgIpc) is 2.36. The predicted octanol–water partition coefficient (Wildman–Crippen LogP) is 3.50. The second-order valence-electron chi connectivity index (χ2n) is 4.88. The molecule has 0 spiro atoms. The third-order valence-electron chi connectivity index (χ3n) is 3.81. The Morgan fingerprint density at radius 3 is 2.88 bits per heavy atom. The molecule has 1 aliphatic rings. The standard InChI is InChI=1S/C15H23NO/c1-3-11-16(4-2)14-9-5-8-13-12(14)7-6-10-15(13)17/h6-7,10,14,17H,3-5,8-9,11H2,1-2H3. The van der Waals surface area contributed by atoms with Crippen molar-refractivity contribution in [2.75, 3.05) is 13.1 Å². The van der Waals surface area contributed by atoms with Crippen LogP contribution in [0.25, 0.3) is 0 Å². The molecule has 1 aromatic carbocycles. The third kappa shape index (κ3) is 2.47. The lowest BCUT2D eigenvalue weighted by Gasteiger charge is -2.35. The van der Waals surface area contributed by atoms with E-state index < -0.39 is 0 Å². The van der Waals surface area contributed by atoms with Crippen molar-refractivity contribution < 1.29 is 5.11 Å². The molecule has 1 unspecified atom stereocenters. The van der Waals surface area contributed by atoms with Gasteiger partial charge >= 0.3 is 0 Å². The number of aromatic hydroxyl groups is 1. The van der Waals surface area contributed by atoms with Crippen LogP contribution in [0.1, 0.15) is 50.3 Å². The van der Waals surface area contributed by atoms with Crippen molar-refractivity contribution in [3.05, 3.63) is 29.3 Å². The number of fused-ring (bicyclic) bond motifs is 1. The Bertz CT molecular complexity index is 375. The first-order chi connectivity index (χ1) is 8.27. The van der Waals surface area contributed by atoms with Crippen LogP contribution in [0, 0.1) is 0 Å². The Morgan fingerprint density at radius 2 is 2.18 bits per heavy atom. The van der Waals surface area contributed by atoms with E-state index in [0.717, 1.165) is 19.5 Å². The van der Waals surface area contributed by atoms with Gasteiger partial charge in [-0.2, -0.15) is 0 Å². The lowest BCUT2D eigenvalue weighted by atomic mass is 9.86. The van der Waals surface area contributed by atoms with E-state index >= 15 is 0 Å². The smallest absolute Gasteiger partial charge is 0.119 e. The lowest BCUT2D eigenvalue weighted by molar-refractivity contribution is 0.187. The Labute approximate surface area is 104 Å². The van der Waals surface area contributed by atoms with Gasteiger partial charge in [-0.25, -0.2) is 0 Å². The molecule has 94 valence electrons. The zero-order chi connectivity index (χ0) is 12.3. The van der Waals surface area contributed by atoms with E-state index in [-0.39, 0.29) is 0 Å². The van der Waals surface area contributed by atoms with E-state index in [1.165, 1.54) is 30.4 Å². The maximum atomic E-state index is 9.94. The maximum Gasteiger partial charge on any atom is 0.119 e. The summed E-state index contributed by atoms with van der Waals surface area (Å²) >= 11 is 0. The Hall–Kier alpha value is -1.02. The molecule has 0 aliphatic heterocycles. The van der Waals surface area contributed by atoms with Crippen molar-refractivity contribution in [1.29, 1.82) is 0 Å². The van der Waals surface area contributed by atoms with E-state index in [0.29, 0.717) is 11.8 Å².